The number of halogens is 1. The second-order valence-corrected chi connectivity index (χ2v) is 34.8. The van der Waals surface area contributed by atoms with E-state index in [1.165, 1.54) is 95.7 Å². The fourth-order valence-electron chi connectivity index (χ4n) is 17.0. The first-order valence-corrected chi connectivity index (χ1v) is 41.8. The maximum Gasteiger partial charge on any atom is 0.323 e. The minimum atomic E-state index is -1.52. The highest BCUT2D eigenvalue weighted by Crippen LogP contribution is 2.71. The zero-order valence-corrected chi connectivity index (χ0v) is 73.9. The number of anilines is 2. The number of aliphatic hydroxyl groups excluding tert-OH is 2. The van der Waals surface area contributed by atoms with Crippen LogP contribution in [0, 0.1) is 34.4 Å². The van der Waals surface area contributed by atoms with Crippen LogP contribution in [-0.2, 0) is 109 Å². The number of thiophene rings is 1. The highest BCUT2D eigenvalue weighted by molar-refractivity contribution is 7.12. The molecule has 0 unspecified atom stereocenters. The van der Waals surface area contributed by atoms with Gasteiger partial charge in [0.25, 0.3) is 11.8 Å². The average Bonchev–Trinajstić information content (AvgIpc) is 1.47. The van der Waals surface area contributed by atoms with Gasteiger partial charge in [-0.15, -0.1) is 11.3 Å². The molecule has 0 bridgehead atoms. The number of rotatable bonds is 39. The Hall–Kier alpha value is -12.0. The van der Waals surface area contributed by atoms with Crippen LogP contribution in [0.1, 0.15) is 99.8 Å². The Labute approximate surface area is 731 Å². The Balaban J connectivity index is 0.676. The summed E-state index contributed by atoms with van der Waals surface area (Å²) in [4.78, 5) is 246. The van der Waals surface area contributed by atoms with Gasteiger partial charge in [-0.25, -0.2) is 9.29 Å². The zero-order chi connectivity index (χ0) is 93.0. The van der Waals surface area contributed by atoms with Gasteiger partial charge in [0.15, 0.2) is 23.5 Å². The van der Waals surface area contributed by atoms with Crippen LogP contribution in [-0.4, -0.2) is 349 Å². The summed E-state index contributed by atoms with van der Waals surface area (Å²) in [6.07, 6.45) is 6.46. The number of aliphatic carboxylic acids is 1. The first-order valence-electron chi connectivity index (χ1n) is 41.0. The summed E-state index contributed by atoms with van der Waals surface area (Å²) in [7, 11) is 12.9. The monoisotopic (exact) mass is 1770 g/mol. The van der Waals surface area contributed by atoms with Crippen molar-refractivity contribution < 1.29 is 120 Å². The van der Waals surface area contributed by atoms with E-state index < -0.39 is 231 Å². The molecule has 6 aliphatic rings. The van der Waals surface area contributed by atoms with Gasteiger partial charge >= 0.3 is 5.97 Å². The predicted molar refractivity (Wildman–Crippen MR) is 449 cm³/mol. The molecule has 3 aromatic rings. The number of likely N-dealkylation sites (N-methyl/N-ethyl adjacent to an activating group) is 10. The van der Waals surface area contributed by atoms with Crippen molar-refractivity contribution in [2.45, 2.75) is 122 Å². The van der Waals surface area contributed by atoms with Crippen LogP contribution in [0.4, 0.5) is 15.8 Å². The van der Waals surface area contributed by atoms with Crippen molar-refractivity contribution >= 4 is 129 Å². The average molecular weight is 1780 g/mol. The lowest BCUT2D eigenvalue weighted by Gasteiger charge is -2.59. The summed E-state index contributed by atoms with van der Waals surface area (Å²) >= 11 is 1.42. The molecule has 4 aliphatic carbocycles. The first-order chi connectivity index (χ1) is 59.2. The number of carboxylic acid groups (broad SMARTS) is 1. The number of imide groups is 1. The fraction of sp³-hybridized carbons (Fsp3) is 0.535. The summed E-state index contributed by atoms with van der Waals surface area (Å²) in [5, 5.41) is 39.5. The number of nitrogens with one attached hydrogen (secondary N) is 3. The standard InChI is InChI=1S/C86H111FN14O24S/c1-49(81(121)89-50(2)82(122)90-54-18-15-17-51(31-54)32-56-22-24-63(126-56)83-124-65-35-58-57-23-21-53-34-55(103)28-29-84(53,3)80(57)61(104)37-85(58,4)86(65,125-83)64(105)48-102)88-66(106)25-20-52-33-59(87)60(101-68(108)26-27-69(101)109)36-62(52)123-30-16-19-67(107)91(5)38-70(110)92(6)39-71(111)93(7)40-72(112)94(8)41-73(113)95(9)42-74(114)96(10)43-75(115)97(11)44-76(116)98(12)45-77(117)99(13)46-78(118)100(14)47-79(119)120/h15,17-18,22,24,26-29,31,33-34,36,49-50,57-58,61,65,80,83,102,104H,16,19-21,23,25,30,32,35,37-48H2,1-14H3,(H,88,106)(H,89,121)(H,90,122)(H,119,120)/t49-,50-,57-,58-,61-,65+,80+,83+,84-,85-,86+/m0/s1. The third-order valence-corrected chi connectivity index (χ3v) is 25.5. The molecule has 15 amide bonds. The molecular weight excluding hydrogens is 1660 g/mol. The molecule has 2 aromatic carbocycles. The van der Waals surface area contributed by atoms with Gasteiger partial charge in [-0.3, -0.25) is 86.3 Å². The zero-order valence-electron chi connectivity index (χ0n) is 73.1. The Morgan fingerprint density at radius 2 is 1.11 bits per heavy atom. The Bertz CT molecular complexity index is 4880. The number of carbonyl (C=O) groups excluding carboxylic acids is 17. The number of hydrogen-bond acceptors (Lipinski definition) is 24. The molecule has 9 rings (SSSR count). The largest absolute Gasteiger partial charge is 0.493 e. The van der Waals surface area contributed by atoms with E-state index in [0.717, 1.165) is 95.7 Å². The number of ether oxygens (including phenoxy) is 3. The molecule has 40 heteroatoms. The molecular formula is C86H111FN14O24S. The third kappa shape index (κ3) is 22.8. The quantitative estimate of drug-likeness (QED) is 0.0321. The van der Waals surface area contributed by atoms with Crippen molar-refractivity contribution in [1.82, 2.24) is 59.6 Å². The van der Waals surface area contributed by atoms with Crippen molar-refractivity contribution in [2.24, 2.45) is 28.6 Å². The molecule has 6 N–H and O–H groups in total. The molecule has 682 valence electrons. The fourth-order valence-corrected chi connectivity index (χ4v) is 18.0. The summed E-state index contributed by atoms with van der Waals surface area (Å²) in [5.74, 6) is -13.4. The van der Waals surface area contributed by atoms with Gasteiger partial charge < -0.3 is 94.5 Å². The summed E-state index contributed by atoms with van der Waals surface area (Å²) in [6.45, 7) is 0.773. The van der Waals surface area contributed by atoms with Crippen molar-refractivity contribution in [1.29, 1.82) is 0 Å². The number of nitrogens with zero attached hydrogens (tertiary/aromatic N) is 11. The molecule has 2 aliphatic heterocycles. The SMILES string of the molecule is C[C@H](NC(=O)CCc1cc(F)c(N2C(=O)C=CC2=O)cc1OCCCC(=O)N(C)CC(=O)N(C)CC(=O)N(C)CC(=O)N(C)CC(=O)N(C)CC(=O)N(C)CC(=O)N(C)CC(=O)N(C)CC(=O)N(C)CC(=O)N(C)CC(=O)O)C(=O)N[C@@H](C)C(=O)Nc1cccc(Cc2ccc([C@@H]3O[C@@H]4C[C@H]5[C@@H]6CCC7=CC(=O)C=C[C@]7(C)[C@H]6[C@@H](O)C[C@]5(C)[C@]4(C(=O)CO)O3)s2)c1. The van der Waals surface area contributed by atoms with Gasteiger partial charge in [-0.05, 0) is 118 Å². The number of benzene rings is 2. The minimum absolute atomic E-state index is 0.000689. The summed E-state index contributed by atoms with van der Waals surface area (Å²) < 4.78 is 35.4. The molecule has 3 saturated carbocycles. The number of allylic oxidation sites excluding steroid dienone is 4. The van der Waals surface area contributed by atoms with Crippen molar-refractivity contribution in [3.63, 3.8) is 0 Å². The lowest BCUT2D eigenvalue weighted by molar-refractivity contribution is -0.200. The number of aryl methyl sites for hydroxylation is 1. The lowest BCUT2D eigenvalue weighted by atomic mass is 9.46. The number of Topliss-reactive ketones (excluding diaryl/α,β-unsaturated/α-hetero) is 1. The first kappa shape index (κ1) is 97.8. The van der Waals surface area contributed by atoms with Gasteiger partial charge in [0.05, 0.1) is 88.3 Å². The topological polar surface area (TPSA) is 467 Å². The van der Waals surface area contributed by atoms with Crippen LogP contribution in [0.5, 0.6) is 5.75 Å². The van der Waals surface area contributed by atoms with Crippen molar-refractivity contribution in [3.05, 3.63) is 111 Å². The van der Waals surface area contributed by atoms with Crippen LogP contribution in [0.2, 0.25) is 0 Å². The third-order valence-electron chi connectivity index (χ3n) is 24.4. The number of hydrogen-bond donors (Lipinski definition) is 6. The number of ketones is 2. The van der Waals surface area contributed by atoms with E-state index in [4.69, 9.17) is 19.3 Å². The van der Waals surface area contributed by atoms with E-state index in [-0.39, 0.29) is 73.6 Å². The van der Waals surface area contributed by atoms with Crippen LogP contribution < -0.4 is 25.6 Å². The Morgan fingerprint density at radius 1 is 0.619 bits per heavy atom. The van der Waals surface area contributed by atoms with E-state index in [1.807, 2.05) is 31.2 Å². The molecule has 11 atom stereocenters. The maximum atomic E-state index is 15.9. The van der Waals surface area contributed by atoms with Crippen LogP contribution in [0.3, 0.4) is 0 Å². The minimum Gasteiger partial charge on any atom is -0.493 e. The Kier molecular flexibility index (Phi) is 32.1. The molecule has 0 spiro atoms. The van der Waals surface area contributed by atoms with Crippen LogP contribution >= 0.6 is 11.3 Å². The highest BCUT2D eigenvalue weighted by Gasteiger charge is 2.76. The maximum absolute atomic E-state index is 15.9. The number of carboxylic acids is 1. The van der Waals surface area contributed by atoms with Crippen molar-refractivity contribution in [2.75, 3.05) is 159 Å². The smallest absolute Gasteiger partial charge is 0.323 e. The van der Waals surface area contributed by atoms with Gasteiger partial charge in [0.1, 0.15) is 36.8 Å². The van der Waals surface area contributed by atoms with E-state index in [2.05, 4.69) is 22.9 Å². The van der Waals surface area contributed by atoms with Gasteiger partial charge in [-0.2, -0.15) is 0 Å². The second kappa shape index (κ2) is 41.4. The molecule has 0 radical (unpaired) electrons. The Morgan fingerprint density at radius 3 is 1.61 bits per heavy atom. The van der Waals surface area contributed by atoms with E-state index in [1.54, 1.807) is 30.4 Å². The number of amides is 15. The molecule has 1 saturated heterocycles. The van der Waals surface area contributed by atoms with E-state index >= 15 is 4.39 Å². The highest BCUT2D eigenvalue weighted by atomic mass is 32.1. The van der Waals surface area contributed by atoms with Crippen molar-refractivity contribution in [3.8, 4) is 5.75 Å². The molecule has 1 aromatic heterocycles. The van der Waals surface area contributed by atoms with Crippen LogP contribution in [0.15, 0.2) is 84.5 Å². The van der Waals surface area contributed by atoms with Gasteiger partial charge in [0.2, 0.25) is 76.8 Å². The van der Waals surface area contributed by atoms with Gasteiger partial charge in [0, 0.05) is 135 Å². The summed E-state index contributed by atoms with van der Waals surface area (Å²) in [5.41, 5.74) is -1.03. The van der Waals surface area contributed by atoms with E-state index in [0.29, 0.717) is 34.7 Å². The number of fused-ring (bicyclic) bond motifs is 7. The predicted octanol–water partition coefficient (Wildman–Crippen LogP) is -0.0815. The molecule has 126 heavy (non-hydrogen) atoms. The lowest BCUT2D eigenvalue weighted by Crippen LogP contribution is -2.63. The van der Waals surface area contributed by atoms with Crippen LogP contribution in [0.25, 0.3) is 0 Å². The summed E-state index contributed by atoms with van der Waals surface area (Å²) in [6, 6.07) is 10.7. The normalized spacial score (nSPS) is 21.6. The molecule has 38 nitrogen and oxygen atoms in total. The molecule has 3 heterocycles. The number of carbonyl (C=O) groups is 18. The van der Waals surface area contributed by atoms with Gasteiger partial charge in [-0.1, -0.05) is 37.6 Å². The second-order valence-electron chi connectivity index (χ2n) is 33.6. The molecule has 4 fully saturated rings. The van der Waals surface area contributed by atoms with E-state index in [9.17, 15) is 96.5 Å². The number of aliphatic hydroxyl groups is 2.